The lowest BCUT2D eigenvalue weighted by molar-refractivity contribution is -0.146. The molecule has 140 valence electrons. The highest BCUT2D eigenvalue weighted by Gasteiger charge is 2.33. The van der Waals surface area contributed by atoms with Crippen LogP contribution < -0.4 is 5.32 Å². The van der Waals surface area contributed by atoms with E-state index in [1.54, 1.807) is 11.6 Å². The van der Waals surface area contributed by atoms with Crippen molar-refractivity contribution in [2.45, 2.75) is 59.9 Å². The Morgan fingerprint density at radius 2 is 1.77 bits per heavy atom. The molecule has 0 aliphatic rings. The van der Waals surface area contributed by atoms with E-state index >= 15 is 0 Å². The highest BCUT2D eigenvalue weighted by atomic mass is 16.4. The van der Waals surface area contributed by atoms with Crippen LogP contribution in [0.4, 0.5) is 0 Å². The molecular formula is C18H25N5O3. The van der Waals surface area contributed by atoms with Gasteiger partial charge in [-0.3, -0.25) is 4.79 Å². The summed E-state index contributed by atoms with van der Waals surface area (Å²) in [5, 5.41) is 16.4. The van der Waals surface area contributed by atoms with Crippen LogP contribution in [0.15, 0.2) is 6.07 Å². The van der Waals surface area contributed by atoms with Crippen LogP contribution in [0.3, 0.4) is 0 Å². The van der Waals surface area contributed by atoms with Gasteiger partial charge < -0.3 is 10.4 Å². The Kier molecular flexibility index (Phi) is 5.44. The minimum atomic E-state index is -1.29. The Morgan fingerprint density at radius 3 is 2.27 bits per heavy atom. The summed E-state index contributed by atoms with van der Waals surface area (Å²) in [5.74, 6) is -0.955. The molecule has 0 aliphatic carbocycles. The lowest BCUT2D eigenvalue weighted by Crippen LogP contribution is -2.52. The lowest BCUT2D eigenvalue weighted by atomic mass is 9.98. The minimum absolute atomic E-state index is 0.0470. The molecule has 26 heavy (non-hydrogen) atoms. The van der Waals surface area contributed by atoms with E-state index in [4.69, 9.17) is 0 Å². The van der Waals surface area contributed by atoms with Crippen LogP contribution in [0.1, 0.15) is 48.6 Å². The fourth-order valence-corrected chi connectivity index (χ4v) is 2.73. The second kappa shape index (κ2) is 7.23. The molecule has 1 atom stereocenters. The number of hydrogen-bond donors (Lipinski definition) is 2. The number of aryl methyl sites for hydroxylation is 3. The summed E-state index contributed by atoms with van der Waals surface area (Å²) in [7, 11) is 0. The number of nitrogens with one attached hydrogen (secondary N) is 1. The topological polar surface area (TPSA) is 110 Å². The number of carboxylic acid groups (broad SMARTS) is 1. The van der Waals surface area contributed by atoms with E-state index in [-0.39, 0.29) is 12.3 Å². The molecule has 0 fully saturated rings. The highest BCUT2D eigenvalue weighted by Crippen LogP contribution is 2.18. The third kappa shape index (κ3) is 3.89. The number of nitrogens with zero attached hydrogens (tertiary/aromatic N) is 4. The first-order chi connectivity index (χ1) is 12.1. The third-order valence-corrected chi connectivity index (χ3v) is 4.53. The molecule has 0 aliphatic heterocycles. The fraction of sp³-hybridized carbons (Fsp3) is 0.500. The molecule has 8 nitrogen and oxygen atoms in total. The molecule has 8 heteroatoms. The zero-order valence-corrected chi connectivity index (χ0v) is 16.0. The Hall–Kier alpha value is -2.77. The maximum Gasteiger partial charge on any atom is 0.329 e. The number of hydrogen-bond acceptors (Lipinski definition) is 5. The number of aliphatic carboxylic acids is 1. The molecule has 0 spiro atoms. The standard InChI is InChI=1S/C18H25N5O3/c1-7-18(6,16(25)26)21-15(24)9-14-12(4)22-23(13(14)5)17-19-10(2)8-11(3)20-17/h8H,7,9H2,1-6H3,(H,21,24)(H,25,26). The van der Waals surface area contributed by atoms with Gasteiger partial charge in [-0.05, 0) is 47.1 Å². The van der Waals surface area contributed by atoms with Crippen LogP contribution in [0.5, 0.6) is 0 Å². The zero-order valence-electron chi connectivity index (χ0n) is 16.0. The van der Waals surface area contributed by atoms with E-state index < -0.39 is 11.5 Å². The van der Waals surface area contributed by atoms with Gasteiger partial charge in [-0.15, -0.1) is 0 Å². The van der Waals surface area contributed by atoms with Crippen LogP contribution in [0.2, 0.25) is 0 Å². The van der Waals surface area contributed by atoms with E-state index in [1.165, 1.54) is 6.92 Å². The van der Waals surface area contributed by atoms with Crippen molar-refractivity contribution in [3.05, 3.63) is 34.4 Å². The second-order valence-corrected chi connectivity index (χ2v) is 6.73. The number of aromatic nitrogens is 4. The molecule has 1 unspecified atom stereocenters. The van der Waals surface area contributed by atoms with Gasteiger partial charge in [0, 0.05) is 22.6 Å². The molecule has 0 saturated carbocycles. The molecule has 0 saturated heterocycles. The predicted octanol–water partition coefficient (Wildman–Crippen LogP) is 1.81. The van der Waals surface area contributed by atoms with Gasteiger partial charge in [-0.1, -0.05) is 6.92 Å². The zero-order chi connectivity index (χ0) is 19.6. The number of amides is 1. The van der Waals surface area contributed by atoms with E-state index in [1.807, 2.05) is 33.8 Å². The molecular weight excluding hydrogens is 334 g/mol. The summed E-state index contributed by atoms with van der Waals surface area (Å²) in [4.78, 5) is 32.6. The Bertz CT molecular complexity index is 839. The van der Waals surface area contributed by atoms with Crippen molar-refractivity contribution in [3.8, 4) is 5.95 Å². The van der Waals surface area contributed by atoms with Gasteiger partial charge in [-0.2, -0.15) is 5.10 Å². The van der Waals surface area contributed by atoms with Gasteiger partial charge in [0.2, 0.25) is 5.91 Å². The van der Waals surface area contributed by atoms with Crippen molar-refractivity contribution in [2.24, 2.45) is 0 Å². The van der Waals surface area contributed by atoms with Crippen LogP contribution in [0.25, 0.3) is 5.95 Å². The third-order valence-electron chi connectivity index (χ3n) is 4.53. The molecule has 2 N–H and O–H groups in total. The molecule has 0 bridgehead atoms. The van der Waals surface area contributed by atoms with Gasteiger partial charge in [0.1, 0.15) is 5.54 Å². The van der Waals surface area contributed by atoms with Crippen LogP contribution in [-0.2, 0) is 16.0 Å². The Labute approximate surface area is 152 Å². The lowest BCUT2D eigenvalue weighted by Gasteiger charge is -2.24. The number of carboxylic acids is 1. The molecule has 2 heterocycles. The first-order valence-electron chi connectivity index (χ1n) is 8.49. The highest BCUT2D eigenvalue weighted by molar-refractivity contribution is 5.87. The maximum absolute atomic E-state index is 12.4. The summed E-state index contributed by atoms with van der Waals surface area (Å²) in [5.41, 5.74) is 2.57. The SMILES string of the molecule is CCC(C)(NC(=O)Cc1c(C)nn(-c2nc(C)cc(C)n2)c1C)C(=O)O. The van der Waals surface area contributed by atoms with Crippen molar-refractivity contribution in [1.82, 2.24) is 25.1 Å². The molecule has 0 aromatic carbocycles. The molecule has 2 aromatic heterocycles. The summed E-state index contributed by atoms with van der Waals surface area (Å²) in [6.45, 7) is 10.6. The molecule has 0 radical (unpaired) electrons. The Morgan fingerprint density at radius 1 is 1.19 bits per heavy atom. The average molecular weight is 359 g/mol. The Balaban J connectivity index is 2.30. The predicted molar refractivity (Wildman–Crippen MR) is 96.3 cm³/mol. The molecule has 1 amide bonds. The van der Waals surface area contributed by atoms with Gasteiger partial charge >= 0.3 is 5.97 Å². The van der Waals surface area contributed by atoms with Crippen molar-refractivity contribution >= 4 is 11.9 Å². The molecule has 2 aromatic rings. The quantitative estimate of drug-likeness (QED) is 0.814. The van der Waals surface area contributed by atoms with Crippen LogP contribution in [0, 0.1) is 27.7 Å². The number of carbonyl (C=O) groups is 2. The largest absolute Gasteiger partial charge is 0.480 e. The summed E-state index contributed by atoms with van der Waals surface area (Å²) in [6.07, 6.45) is 0.340. The van der Waals surface area contributed by atoms with Crippen molar-refractivity contribution in [2.75, 3.05) is 0 Å². The first-order valence-corrected chi connectivity index (χ1v) is 8.49. The van der Waals surface area contributed by atoms with Crippen molar-refractivity contribution in [1.29, 1.82) is 0 Å². The number of rotatable bonds is 6. The summed E-state index contributed by atoms with van der Waals surface area (Å²) in [6, 6.07) is 1.88. The number of carbonyl (C=O) groups excluding carboxylic acids is 1. The van der Waals surface area contributed by atoms with Crippen LogP contribution >= 0.6 is 0 Å². The average Bonchev–Trinajstić information content (AvgIpc) is 2.81. The van der Waals surface area contributed by atoms with E-state index in [9.17, 15) is 14.7 Å². The van der Waals surface area contributed by atoms with Gasteiger partial charge in [0.25, 0.3) is 5.95 Å². The van der Waals surface area contributed by atoms with Crippen molar-refractivity contribution < 1.29 is 14.7 Å². The van der Waals surface area contributed by atoms with Gasteiger partial charge in [0.15, 0.2) is 0 Å². The first kappa shape index (κ1) is 19.6. The summed E-state index contributed by atoms with van der Waals surface area (Å²) >= 11 is 0. The second-order valence-electron chi connectivity index (χ2n) is 6.73. The monoisotopic (exact) mass is 359 g/mol. The smallest absolute Gasteiger partial charge is 0.329 e. The fourth-order valence-electron chi connectivity index (χ4n) is 2.73. The van der Waals surface area contributed by atoms with Gasteiger partial charge in [-0.25, -0.2) is 19.4 Å². The molecule has 2 rings (SSSR count). The summed E-state index contributed by atoms with van der Waals surface area (Å²) < 4.78 is 1.62. The van der Waals surface area contributed by atoms with E-state index in [0.29, 0.717) is 18.1 Å². The van der Waals surface area contributed by atoms with Crippen LogP contribution in [-0.4, -0.2) is 42.3 Å². The van der Waals surface area contributed by atoms with Crippen molar-refractivity contribution in [3.63, 3.8) is 0 Å². The minimum Gasteiger partial charge on any atom is -0.480 e. The van der Waals surface area contributed by atoms with E-state index in [2.05, 4.69) is 20.4 Å². The van der Waals surface area contributed by atoms with E-state index in [0.717, 1.165) is 22.6 Å². The van der Waals surface area contributed by atoms with Gasteiger partial charge in [0.05, 0.1) is 12.1 Å². The maximum atomic E-state index is 12.4. The normalized spacial score (nSPS) is 13.3.